The summed E-state index contributed by atoms with van der Waals surface area (Å²) in [6.07, 6.45) is 8.00. The molecule has 2 N–H and O–H groups in total. The molecule has 0 bridgehead atoms. The lowest BCUT2D eigenvalue weighted by atomic mass is 9.89. The summed E-state index contributed by atoms with van der Waals surface area (Å²) in [6.45, 7) is 0.733. The molecule has 0 amide bonds. The molecule has 0 saturated heterocycles. The van der Waals surface area contributed by atoms with Gasteiger partial charge in [0, 0.05) is 29.8 Å². The Hall–Kier alpha value is -2.92. The number of rotatable bonds is 5. The second kappa shape index (κ2) is 8.85. The summed E-state index contributed by atoms with van der Waals surface area (Å²) >= 11 is 0. The number of fused-ring (bicyclic) bond motifs is 1. The van der Waals surface area contributed by atoms with E-state index < -0.39 is 0 Å². The van der Waals surface area contributed by atoms with Crippen molar-refractivity contribution < 1.29 is 9.94 Å². The third-order valence-electron chi connectivity index (χ3n) is 5.31. The minimum absolute atomic E-state index is 0.454. The van der Waals surface area contributed by atoms with Crippen LogP contribution in [0.5, 0.6) is 11.6 Å². The Morgan fingerprint density at radius 1 is 1.04 bits per heavy atom. The summed E-state index contributed by atoms with van der Waals surface area (Å²) in [7, 11) is 0. The zero-order chi connectivity index (χ0) is 19.2. The van der Waals surface area contributed by atoms with E-state index in [2.05, 4.69) is 27.6 Å². The number of aliphatic imine (C=N–C) groups is 1. The molecular formula is C23H25N3O2. The maximum Gasteiger partial charge on any atom is 0.219 e. The SMILES string of the molecule is ONC(=NCC1CCCCC1)c1ccc(Oc2cccc3ccccc23)nc1. The number of benzene rings is 2. The van der Waals surface area contributed by atoms with Crippen LogP contribution in [-0.2, 0) is 0 Å². The molecule has 2 aromatic carbocycles. The van der Waals surface area contributed by atoms with Gasteiger partial charge in [0.25, 0.3) is 0 Å². The average molecular weight is 375 g/mol. The topological polar surface area (TPSA) is 66.7 Å². The number of aromatic nitrogens is 1. The minimum Gasteiger partial charge on any atom is -0.438 e. The van der Waals surface area contributed by atoms with Gasteiger partial charge in [0.2, 0.25) is 5.88 Å². The van der Waals surface area contributed by atoms with Crippen molar-refractivity contribution in [3.63, 3.8) is 0 Å². The van der Waals surface area contributed by atoms with Crippen molar-refractivity contribution in [2.75, 3.05) is 6.54 Å². The molecule has 1 aliphatic rings. The average Bonchev–Trinajstić information content (AvgIpc) is 2.76. The minimum atomic E-state index is 0.454. The molecule has 0 atom stereocenters. The summed E-state index contributed by atoms with van der Waals surface area (Å²) in [4.78, 5) is 8.96. The Balaban J connectivity index is 1.48. The van der Waals surface area contributed by atoms with E-state index in [0.29, 0.717) is 17.6 Å². The smallest absolute Gasteiger partial charge is 0.219 e. The predicted octanol–water partition coefficient (Wildman–Crippen LogP) is 5.33. The van der Waals surface area contributed by atoms with E-state index in [1.807, 2.05) is 36.4 Å². The molecule has 5 nitrogen and oxygen atoms in total. The number of pyridine rings is 1. The molecule has 144 valence electrons. The highest BCUT2D eigenvalue weighted by molar-refractivity contribution is 5.97. The van der Waals surface area contributed by atoms with Gasteiger partial charge in [-0.15, -0.1) is 0 Å². The normalized spacial score (nSPS) is 15.5. The Kier molecular flexibility index (Phi) is 5.83. The second-order valence-corrected chi connectivity index (χ2v) is 7.27. The molecule has 1 fully saturated rings. The summed E-state index contributed by atoms with van der Waals surface area (Å²) in [5.41, 5.74) is 2.96. The lowest BCUT2D eigenvalue weighted by molar-refractivity contribution is 0.234. The molecule has 4 rings (SSSR count). The van der Waals surface area contributed by atoms with Gasteiger partial charge < -0.3 is 4.74 Å². The molecule has 1 heterocycles. The summed E-state index contributed by atoms with van der Waals surface area (Å²) in [6, 6.07) is 17.7. The van der Waals surface area contributed by atoms with E-state index in [1.165, 1.54) is 32.1 Å². The maximum atomic E-state index is 9.49. The zero-order valence-electron chi connectivity index (χ0n) is 15.8. The molecule has 1 saturated carbocycles. The quantitative estimate of drug-likeness (QED) is 0.359. The van der Waals surface area contributed by atoms with Crippen molar-refractivity contribution in [3.8, 4) is 11.6 Å². The Morgan fingerprint density at radius 3 is 2.64 bits per heavy atom. The van der Waals surface area contributed by atoms with E-state index in [-0.39, 0.29) is 0 Å². The molecule has 5 heteroatoms. The van der Waals surface area contributed by atoms with E-state index in [9.17, 15) is 5.21 Å². The number of hydroxylamine groups is 1. The van der Waals surface area contributed by atoms with Gasteiger partial charge in [-0.05, 0) is 36.3 Å². The molecule has 1 aliphatic carbocycles. The van der Waals surface area contributed by atoms with Crippen LogP contribution in [0.3, 0.4) is 0 Å². The van der Waals surface area contributed by atoms with Crippen LogP contribution in [0.4, 0.5) is 0 Å². The number of nitrogens with zero attached hydrogens (tertiary/aromatic N) is 2. The van der Waals surface area contributed by atoms with Crippen LogP contribution in [-0.4, -0.2) is 22.6 Å². The highest BCUT2D eigenvalue weighted by atomic mass is 16.5. The van der Waals surface area contributed by atoms with Crippen molar-refractivity contribution in [2.24, 2.45) is 10.9 Å². The largest absolute Gasteiger partial charge is 0.438 e. The van der Waals surface area contributed by atoms with Gasteiger partial charge in [0.15, 0.2) is 5.84 Å². The number of hydrogen-bond donors (Lipinski definition) is 2. The van der Waals surface area contributed by atoms with Crippen LogP contribution < -0.4 is 10.2 Å². The standard InChI is InChI=1S/C23H25N3O2/c27-26-23(25-15-17-7-2-1-3-8-17)19-13-14-22(24-16-19)28-21-12-6-10-18-9-4-5-11-20(18)21/h4-6,9-14,16-17,27H,1-3,7-8,15H2,(H,25,26). The molecule has 0 unspecified atom stereocenters. The third kappa shape index (κ3) is 4.31. The Morgan fingerprint density at radius 2 is 1.86 bits per heavy atom. The number of hydrogen-bond acceptors (Lipinski definition) is 4. The van der Waals surface area contributed by atoms with Crippen LogP contribution in [0.15, 0.2) is 65.8 Å². The summed E-state index contributed by atoms with van der Waals surface area (Å²) in [5.74, 6) is 2.34. The summed E-state index contributed by atoms with van der Waals surface area (Å²) in [5, 5.41) is 11.7. The first-order valence-corrected chi connectivity index (χ1v) is 9.90. The molecule has 0 radical (unpaired) electrons. The predicted molar refractivity (Wildman–Crippen MR) is 111 cm³/mol. The fourth-order valence-corrected chi connectivity index (χ4v) is 3.76. The fraction of sp³-hybridized carbons (Fsp3) is 0.304. The summed E-state index contributed by atoms with van der Waals surface area (Å²) < 4.78 is 5.98. The van der Waals surface area contributed by atoms with Crippen molar-refractivity contribution >= 4 is 16.6 Å². The van der Waals surface area contributed by atoms with Crippen LogP contribution in [0.2, 0.25) is 0 Å². The highest BCUT2D eigenvalue weighted by Gasteiger charge is 2.13. The van der Waals surface area contributed by atoms with Crippen LogP contribution in [0.1, 0.15) is 37.7 Å². The van der Waals surface area contributed by atoms with Crippen LogP contribution >= 0.6 is 0 Å². The molecule has 3 aromatic rings. The van der Waals surface area contributed by atoms with Crippen LogP contribution in [0, 0.1) is 5.92 Å². The fourth-order valence-electron chi connectivity index (χ4n) is 3.76. The van der Waals surface area contributed by atoms with Gasteiger partial charge in [-0.3, -0.25) is 15.7 Å². The van der Waals surface area contributed by atoms with Gasteiger partial charge in [0.05, 0.1) is 0 Å². The molecule has 28 heavy (non-hydrogen) atoms. The van der Waals surface area contributed by atoms with Gasteiger partial charge in [0.1, 0.15) is 5.75 Å². The number of nitrogens with one attached hydrogen (secondary N) is 1. The van der Waals surface area contributed by atoms with Crippen molar-refractivity contribution in [1.82, 2.24) is 10.5 Å². The molecule has 0 aliphatic heterocycles. The number of ether oxygens (including phenoxy) is 1. The van der Waals surface area contributed by atoms with Gasteiger partial charge >= 0.3 is 0 Å². The van der Waals surface area contributed by atoms with Gasteiger partial charge in [-0.25, -0.2) is 4.98 Å². The molecular weight excluding hydrogens is 350 g/mol. The van der Waals surface area contributed by atoms with E-state index in [0.717, 1.165) is 28.6 Å². The van der Waals surface area contributed by atoms with E-state index >= 15 is 0 Å². The van der Waals surface area contributed by atoms with Crippen LogP contribution in [0.25, 0.3) is 10.8 Å². The first-order chi connectivity index (χ1) is 13.8. The zero-order valence-corrected chi connectivity index (χ0v) is 15.8. The second-order valence-electron chi connectivity index (χ2n) is 7.27. The Labute approximate surface area is 165 Å². The number of amidine groups is 1. The van der Waals surface area contributed by atoms with Crippen molar-refractivity contribution in [2.45, 2.75) is 32.1 Å². The lowest BCUT2D eigenvalue weighted by Gasteiger charge is -2.19. The van der Waals surface area contributed by atoms with Gasteiger partial charge in [-0.2, -0.15) is 0 Å². The third-order valence-corrected chi connectivity index (χ3v) is 5.31. The molecule has 0 spiro atoms. The first kappa shape index (κ1) is 18.4. The highest BCUT2D eigenvalue weighted by Crippen LogP contribution is 2.29. The van der Waals surface area contributed by atoms with Gasteiger partial charge in [-0.1, -0.05) is 55.7 Å². The first-order valence-electron chi connectivity index (χ1n) is 9.90. The van der Waals surface area contributed by atoms with E-state index in [4.69, 9.17) is 4.74 Å². The molecule has 1 aromatic heterocycles. The van der Waals surface area contributed by atoms with Crippen molar-refractivity contribution in [3.05, 3.63) is 66.4 Å². The maximum absolute atomic E-state index is 9.49. The monoisotopic (exact) mass is 375 g/mol. The van der Waals surface area contributed by atoms with E-state index in [1.54, 1.807) is 12.3 Å². The lowest BCUT2D eigenvalue weighted by Crippen LogP contribution is -2.22. The Bertz CT molecular complexity index is 942. The van der Waals surface area contributed by atoms with Crippen molar-refractivity contribution in [1.29, 1.82) is 0 Å².